The Balaban J connectivity index is 2.42. The fourth-order valence-corrected chi connectivity index (χ4v) is 3.84. The van der Waals surface area contributed by atoms with E-state index in [0.29, 0.717) is 19.3 Å². The standard InChI is InChI=1S/C12H13N3O4S/c13-6-9-5-10(8-14-7-9)20(18,19)15-4-2-1-3-11(15)12(16)17/h5,7-8,11H,1-4H2,(H,16,17). The van der Waals surface area contributed by atoms with E-state index in [-0.39, 0.29) is 17.0 Å². The first-order valence-corrected chi connectivity index (χ1v) is 7.50. The number of hydrogen-bond acceptors (Lipinski definition) is 5. The van der Waals surface area contributed by atoms with Crippen molar-refractivity contribution in [3.63, 3.8) is 0 Å². The lowest BCUT2D eigenvalue weighted by Crippen LogP contribution is -2.47. The van der Waals surface area contributed by atoms with E-state index in [1.54, 1.807) is 0 Å². The van der Waals surface area contributed by atoms with E-state index >= 15 is 0 Å². The van der Waals surface area contributed by atoms with Crippen molar-refractivity contribution >= 4 is 16.0 Å². The molecule has 1 aromatic rings. The zero-order valence-electron chi connectivity index (χ0n) is 10.6. The minimum Gasteiger partial charge on any atom is -0.480 e. The molecule has 0 aliphatic carbocycles. The molecule has 1 aliphatic heterocycles. The monoisotopic (exact) mass is 295 g/mol. The van der Waals surface area contributed by atoms with Gasteiger partial charge in [0.05, 0.1) is 5.56 Å². The van der Waals surface area contributed by atoms with Crippen molar-refractivity contribution in [2.75, 3.05) is 6.54 Å². The van der Waals surface area contributed by atoms with Gasteiger partial charge in [-0.2, -0.15) is 9.57 Å². The van der Waals surface area contributed by atoms with Gasteiger partial charge in [0.2, 0.25) is 10.0 Å². The number of hydrogen-bond donors (Lipinski definition) is 1. The summed E-state index contributed by atoms with van der Waals surface area (Å²) < 4.78 is 25.9. The second kappa shape index (κ2) is 5.56. The van der Waals surface area contributed by atoms with E-state index < -0.39 is 22.0 Å². The largest absolute Gasteiger partial charge is 0.480 e. The highest BCUT2D eigenvalue weighted by molar-refractivity contribution is 7.89. The second-order valence-electron chi connectivity index (χ2n) is 4.49. The number of carboxylic acids is 1. The normalized spacial score (nSPS) is 20.2. The Morgan fingerprint density at radius 3 is 2.85 bits per heavy atom. The quantitative estimate of drug-likeness (QED) is 0.873. The number of aromatic nitrogens is 1. The third-order valence-corrected chi connectivity index (χ3v) is 5.06. The molecule has 2 rings (SSSR count). The molecule has 0 radical (unpaired) electrons. The molecule has 7 nitrogen and oxygen atoms in total. The van der Waals surface area contributed by atoms with Crippen LogP contribution in [0.25, 0.3) is 0 Å². The van der Waals surface area contributed by atoms with Gasteiger partial charge in [0.1, 0.15) is 17.0 Å². The van der Waals surface area contributed by atoms with E-state index in [0.717, 1.165) is 10.5 Å². The van der Waals surface area contributed by atoms with Crippen molar-refractivity contribution in [1.29, 1.82) is 5.26 Å². The van der Waals surface area contributed by atoms with Gasteiger partial charge in [-0.05, 0) is 25.3 Å². The molecule has 1 aliphatic rings. The maximum absolute atomic E-state index is 12.5. The van der Waals surface area contributed by atoms with Gasteiger partial charge in [-0.1, -0.05) is 0 Å². The predicted molar refractivity (Wildman–Crippen MR) is 68.1 cm³/mol. The van der Waals surface area contributed by atoms with Crippen LogP contribution >= 0.6 is 0 Å². The van der Waals surface area contributed by atoms with E-state index in [1.165, 1.54) is 12.3 Å². The summed E-state index contributed by atoms with van der Waals surface area (Å²) >= 11 is 0. The van der Waals surface area contributed by atoms with Gasteiger partial charge in [0.15, 0.2) is 0 Å². The summed E-state index contributed by atoms with van der Waals surface area (Å²) in [4.78, 5) is 14.8. The van der Waals surface area contributed by atoms with Crippen LogP contribution in [-0.4, -0.2) is 41.4 Å². The van der Waals surface area contributed by atoms with Crippen LogP contribution < -0.4 is 0 Å². The highest BCUT2D eigenvalue weighted by atomic mass is 32.2. The van der Waals surface area contributed by atoms with Gasteiger partial charge < -0.3 is 5.11 Å². The first-order chi connectivity index (χ1) is 9.46. The molecule has 1 saturated heterocycles. The van der Waals surface area contributed by atoms with E-state index in [4.69, 9.17) is 10.4 Å². The summed E-state index contributed by atoms with van der Waals surface area (Å²) in [6.45, 7) is 0.163. The molecule has 1 N–H and O–H groups in total. The maximum atomic E-state index is 12.5. The Hall–Kier alpha value is -1.98. The smallest absolute Gasteiger partial charge is 0.322 e. The fourth-order valence-electron chi connectivity index (χ4n) is 2.20. The summed E-state index contributed by atoms with van der Waals surface area (Å²) in [5.74, 6) is -1.15. The Kier molecular flexibility index (Phi) is 4.01. The number of nitrogens with zero attached hydrogens (tertiary/aromatic N) is 3. The summed E-state index contributed by atoms with van der Waals surface area (Å²) in [6.07, 6.45) is 3.97. The fraction of sp³-hybridized carbons (Fsp3) is 0.417. The molecule has 1 aromatic heterocycles. The van der Waals surface area contributed by atoms with Gasteiger partial charge >= 0.3 is 5.97 Å². The van der Waals surface area contributed by atoms with Crippen molar-refractivity contribution in [1.82, 2.24) is 9.29 Å². The zero-order chi connectivity index (χ0) is 14.8. The van der Waals surface area contributed by atoms with Crippen molar-refractivity contribution < 1.29 is 18.3 Å². The van der Waals surface area contributed by atoms with Crippen LogP contribution in [0.5, 0.6) is 0 Å². The lowest BCUT2D eigenvalue weighted by Gasteiger charge is -2.31. The highest BCUT2D eigenvalue weighted by Gasteiger charge is 2.37. The molecule has 0 aromatic carbocycles. The number of pyridine rings is 1. The minimum atomic E-state index is -3.95. The van der Waals surface area contributed by atoms with Gasteiger partial charge in [0, 0.05) is 18.9 Å². The molecule has 1 unspecified atom stereocenters. The highest BCUT2D eigenvalue weighted by Crippen LogP contribution is 2.25. The summed E-state index contributed by atoms with van der Waals surface area (Å²) in [5, 5.41) is 17.9. The molecule has 1 fully saturated rings. The Labute approximate surface area is 116 Å². The van der Waals surface area contributed by atoms with E-state index in [9.17, 15) is 13.2 Å². The van der Waals surface area contributed by atoms with Crippen LogP contribution in [0.1, 0.15) is 24.8 Å². The first kappa shape index (κ1) is 14.4. The molecule has 0 bridgehead atoms. The molecule has 8 heteroatoms. The Bertz CT molecular complexity index is 666. The third kappa shape index (κ3) is 2.64. The van der Waals surface area contributed by atoms with E-state index in [2.05, 4.69) is 4.98 Å². The Morgan fingerprint density at radius 1 is 1.45 bits per heavy atom. The van der Waals surface area contributed by atoms with Crippen LogP contribution in [0.2, 0.25) is 0 Å². The average Bonchev–Trinajstić information content (AvgIpc) is 2.47. The topological polar surface area (TPSA) is 111 Å². The predicted octanol–water partition coefficient (Wildman–Crippen LogP) is 0.581. The number of piperidine rings is 1. The number of nitriles is 1. The van der Waals surface area contributed by atoms with Crippen LogP contribution in [0.4, 0.5) is 0 Å². The second-order valence-corrected chi connectivity index (χ2v) is 6.38. The number of carboxylic acid groups (broad SMARTS) is 1. The lowest BCUT2D eigenvalue weighted by atomic mass is 10.1. The number of carbonyl (C=O) groups is 1. The van der Waals surface area contributed by atoms with E-state index in [1.807, 2.05) is 6.07 Å². The maximum Gasteiger partial charge on any atom is 0.322 e. The summed E-state index contributed by atoms with van der Waals surface area (Å²) in [7, 11) is -3.95. The number of aliphatic carboxylic acids is 1. The van der Waals surface area contributed by atoms with Gasteiger partial charge in [-0.15, -0.1) is 0 Å². The third-order valence-electron chi connectivity index (χ3n) is 3.19. The number of rotatable bonds is 3. The van der Waals surface area contributed by atoms with Gasteiger partial charge in [0.25, 0.3) is 0 Å². The molecule has 2 heterocycles. The molecule has 20 heavy (non-hydrogen) atoms. The lowest BCUT2D eigenvalue weighted by molar-refractivity contribution is -0.142. The van der Waals surface area contributed by atoms with Crippen LogP contribution in [0.3, 0.4) is 0 Å². The molecule has 0 amide bonds. The average molecular weight is 295 g/mol. The molecule has 0 spiro atoms. The minimum absolute atomic E-state index is 0.120. The summed E-state index contributed by atoms with van der Waals surface area (Å²) in [6, 6.07) is 1.96. The van der Waals surface area contributed by atoms with Gasteiger partial charge in [-0.25, -0.2) is 8.42 Å². The van der Waals surface area contributed by atoms with Gasteiger partial charge in [-0.3, -0.25) is 9.78 Å². The summed E-state index contributed by atoms with van der Waals surface area (Å²) in [5.41, 5.74) is 0.120. The van der Waals surface area contributed by atoms with Crippen LogP contribution in [0, 0.1) is 11.3 Å². The van der Waals surface area contributed by atoms with Crippen molar-refractivity contribution in [3.8, 4) is 6.07 Å². The molecular weight excluding hydrogens is 282 g/mol. The molecule has 106 valence electrons. The zero-order valence-corrected chi connectivity index (χ0v) is 11.4. The van der Waals surface area contributed by atoms with Crippen LogP contribution in [0.15, 0.2) is 23.4 Å². The number of sulfonamides is 1. The molecule has 1 atom stereocenters. The SMILES string of the molecule is N#Cc1cncc(S(=O)(=O)N2CCCCC2C(=O)O)c1. The van der Waals surface area contributed by atoms with Crippen molar-refractivity contribution in [3.05, 3.63) is 24.0 Å². The molecular formula is C12H13N3O4S. The molecule has 0 saturated carbocycles. The van der Waals surface area contributed by atoms with Crippen molar-refractivity contribution in [2.45, 2.75) is 30.2 Å². The Morgan fingerprint density at radius 2 is 2.20 bits per heavy atom. The van der Waals surface area contributed by atoms with Crippen LogP contribution in [-0.2, 0) is 14.8 Å². The van der Waals surface area contributed by atoms with Crippen molar-refractivity contribution in [2.24, 2.45) is 0 Å². The first-order valence-electron chi connectivity index (χ1n) is 6.06.